The first-order chi connectivity index (χ1) is 10.2. The number of benzene rings is 1. The lowest BCUT2D eigenvalue weighted by molar-refractivity contribution is 0.0970. The van der Waals surface area contributed by atoms with Crippen molar-refractivity contribution in [3.05, 3.63) is 23.3 Å². The molecule has 1 aromatic rings. The fraction of sp³-hybridized carbons (Fsp3) is 0.588. The summed E-state index contributed by atoms with van der Waals surface area (Å²) in [6.07, 6.45) is 3.95. The molecule has 0 saturated carbocycles. The van der Waals surface area contributed by atoms with E-state index in [9.17, 15) is 4.79 Å². The van der Waals surface area contributed by atoms with Gasteiger partial charge in [0.2, 0.25) is 0 Å². The summed E-state index contributed by atoms with van der Waals surface area (Å²) in [7, 11) is 3.20. The number of Topliss-reactive ketones (excluding diaryl/α,β-unsaturated/α-hetero) is 1. The number of hydrogen-bond donors (Lipinski definition) is 1. The first kappa shape index (κ1) is 15.8. The largest absolute Gasteiger partial charge is 0.493 e. The lowest BCUT2D eigenvalue weighted by atomic mass is 9.90. The summed E-state index contributed by atoms with van der Waals surface area (Å²) in [6, 6.07) is 3.68. The molecule has 1 saturated heterocycles. The quantitative estimate of drug-likeness (QED) is 0.819. The highest BCUT2D eigenvalue weighted by molar-refractivity contribution is 5.98. The van der Waals surface area contributed by atoms with Crippen molar-refractivity contribution in [2.45, 2.75) is 32.6 Å². The van der Waals surface area contributed by atoms with Crippen molar-refractivity contribution in [1.29, 1.82) is 0 Å². The van der Waals surface area contributed by atoms with Crippen LogP contribution < -0.4 is 14.8 Å². The van der Waals surface area contributed by atoms with Crippen LogP contribution >= 0.6 is 0 Å². The molecule has 1 aromatic carbocycles. The third kappa shape index (κ3) is 3.97. The van der Waals surface area contributed by atoms with Gasteiger partial charge < -0.3 is 14.8 Å². The highest BCUT2D eigenvalue weighted by Crippen LogP contribution is 2.31. The molecule has 1 heterocycles. The molecule has 1 aliphatic heterocycles. The Morgan fingerprint density at radius 1 is 1.19 bits per heavy atom. The van der Waals surface area contributed by atoms with E-state index in [-0.39, 0.29) is 5.78 Å². The maximum absolute atomic E-state index is 12.5. The van der Waals surface area contributed by atoms with Gasteiger partial charge in [-0.3, -0.25) is 4.79 Å². The standard InChI is InChI=1S/C17H25NO3/c1-12-10-16(20-2)17(21-3)11-14(12)15(19)5-4-13-6-8-18-9-7-13/h10-11,13,18H,4-9H2,1-3H3. The number of hydrogen-bond acceptors (Lipinski definition) is 4. The van der Waals surface area contributed by atoms with Crippen LogP contribution in [0.2, 0.25) is 0 Å². The van der Waals surface area contributed by atoms with Crippen molar-refractivity contribution in [3.63, 3.8) is 0 Å². The molecule has 1 aliphatic rings. The van der Waals surface area contributed by atoms with E-state index in [1.807, 2.05) is 13.0 Å². The second-order valence-corrected chi connectivity index (χ2v) is 5.68. The Labute approximate surface area is 126 Å². The molecule has 2 rings (SSSR count). The molecular weight excluding hydrogens is 266 g/mol. The molecule has 0 spiro atoms. The highest BCUT2D eigenvalue weighted by Gasteiger charge is 2.18. The molecule has 0 aliphatic carbocycles. The van der Waals surface area contributed by atoms with Crippen LogP contribution in [-0.2, 0) is 0 Å². The zero-order valence-corrected chi connectivity index (χ0v) is 13.2. The van der Waals surface area contributed by atoms with Crippen LogP contribution in [0, 0.1) is 12.8 Å². The highest BCUT2D eigenvalue weighted by atomic mass is 16.5. The molecule has 1 N–H and O–H groups in total. The van der Waals surface area contributed by atoms with Crippen LogP contribution in [0.1, 0.15) is 41.6 Å². The molecule has 0 radical (unpaired) electrons. The minimum atomic E-state index is 0.201. The summed E-state index contributed by atoms with van der Waals surface area (Å²) in [5.41, 5.74) is 1.70. The lowest BCUT2D eigenvalue weighted by Crippen LogP contribution is -2.28. The van der Waals surface area contributed by atoms with Crippen molar-refractivity contribution in [2.24, 2.45) is 5.92 Å². The topological polar surface area (TPSA) is 47.6 Å². The zero-order valence-electron chi connectivity index (χ0n) is 13.2. The maximum atomic E-state index is 12.5. The van der Waals surface area contributed by atoms with Crippen LogP contribution in [0.4, 0.5) is 0 Å². The van der Waals surface area contributed by atoms with Crippen molar-refractivity contribution >= 4 is 5.78 Å². The molecule has 116 valence electrons. The van der Waals surface area contributed by atoms with Gasteiger partial charge in [-0.05, 0) is 62.9 Å². The minimum absolute atomic E-state index is 0.201. The first-order valence-electron chi connectivity index (χ1n) is 7.62. The number of methoxy groups -OCH3 is 2. The van der Waals surface area contributed by atoms with E-state index in [0.29, 0.717) is 23.8 Å². The van der Waals surface area contributed by atoms with E-state index in [1.165, 1.54) is 12.8 Å². The van der Waals surface area contributed by atoms with E-state index in [1.54, 1.807) is 20.3 Å². The summed E-state index contributed by atoms with van der Waals surface area (Å²) in [4.78, 5) is 12.5. The molecular formula is C17H25NO3. The fourth-order valence-electron chi connectivity index (χ4n) is 2.92. The Bertz CT molecular complexity index is 493. The van der Waals surface area contributed by atoms with Crippen LogP contribution in [0.3, 0.4) is 0 Å². The molecule has 0 aromatic heterocycles. The Hall–Kier alpha value is -1.55. The van der Waals surface area contributed by atoms with Gasteiger partial charge >= 0.3 is 0 Å². The Morgan fingerprint density at radius 2 is 1.81 bits per heavy atom. The summed E-state index contributed by atoms with van der Waals surface area (Å²) in [6.45, 7) is 4.10. The second kappa shape index (κ2) is 7.46. The normalized spacial score (nSPS) is 15.8. The number of carbonyl (C=O) groups excluding carboxylic acids is 1. The molecule has 1 fully saturated rings. The van der Waals surface area contributed by atoms with Crippen LogP contribution in [0.25, 0.3) is 0 Å². The monoisotopic (exact) mass is 291 g/mol. The molecule has 0 amide bonds. The number of carbonyl (C=O) groups is 1. The first-order valence-corrected chi connectivity index (χ1v) is 7.62. The third-order valence-electron chi connectivity index (χ3n) is 4.27. The van der Waals surface area contributed by atoms with Crippen molar-refractivity contribution in [2.75, 3.05) is 27.3 Å². The number of ether oxygens (including phenoxy) is 2. The van der Waals surface area contributed by atoms with Crippen molar-refractivity contribution < 1.29 is 14.3 Å². The molecule has 21 heavy (non-hydrogen) atoms. The summed E-state index contributed by atoms with van der Waals surface area (Å²) in [5, 5.41) is 3.36. The lowest BCUT2D eigenvalue weighted by Gasteiger charge is -2.22. The Balaban J connectivity index is 2.04. The summed E-state index contributed by atoms with van der Waals surface area (Å²) < 4.78 is 10.6. The van der Waals surface area contributed by atoms with Gasteiger partial charge in [0, 0.05) is 12.0 Å². The number of piperidine rings is 1. The van der Waals surface area contributed by atoms with Gasteiger partial charge in [0.1, 0.15) is 0 Å². The average Bonchev–Trinajstić information content (AvgIpc) is 2.53. The van der Waals surface area contributed by atoms with Gasteiger partial charge in [-0.2, -0.15) is 0 Å². The fourth-order valence-corrected chi connectivity index (χ4v) is 2.92. The number of rotatable bonds is 6. The van der Waals surface area contributed by atoms with Crippen molar-refractivity contribution in [3.8, 4) is 11.5 Å². The number of nitrogens with one attached hydrogen (secondary N) is 1. The van der Waals surface area contributed by atoms with Gasteiger partial charge in [0.05, 0.1) is 14.2 Å². The zero-order chi connectivity index (χ0) is 15.2. The third-order valence-corrected chi connectivity index (χ3v) is 4.27. The summed E-state index contributed by atoms with van der Waals surface area (Å²) >= 11 is 0. The van der Waals surface area contributed by atoms with E-state index in [2.05, 4.69) is 5.32 Å². The van der Waals surface area contributed by atoms with Gasteiger partial charge in [-0.25, -0.2) is 0 Å². The number of aryl methyl sites for hydroxylation is 1. The maximum Gasteiger partial charge on any atom is 0.163 e. The van der Waals surface area contributed by atoms with Gasteiger partial charge in [0.25, 0.3) is 0 Å². The molecule has 0 atom stereocenters. The van der Waals surface area contributed by atoms with Crippen LogP contribution in [0.5, 0.6) is 11.5 Å². The SMILES string of the molecule is COc1cc(C)c(C(=O)CCC2CCNCC2)cc1OC. The predicted molar refractivity (Wildman–Crippen MR) is 83.4 cm³/mol. The number of ketones is 1. The van der Waals surface area contributed by atoms with E-state index in [4.69, 9.17) is 9.47 Å². The van der Waals surface area contributed by atoms with Gasteiger partial charge in [-0.1, -0.05) is 0 Å². The Kier molecular flexibility index (Phi) is 5.62. The van der Waals surface area contributed by atoms with E-state index >= 15 is 0 Å². The predicted octanol–water partition coefficient (Wildman–Crippen LogP) is 2.97. The molecule has 4 nitrogen and oxygen atoms in total. The Morgan fingerprint density at radius 3 is 2.43 bits per heavy atom. The van der Waals surface area contributed by atoms with Crippen LogP contribution in [-0.4, -0.2) is 33.1 Å². The molecule has 0 unspecified atom stereocenters. The summed E-state index contributed by atoms with van der Waals surface area (Å²) in [5.74, 6) is 2.17. The van der Waals surface area contributed by atoms with E-state index in [0.717, 1.165) is 30.6 Å². The van der Waals surface area contributed by atoms with Gasteiger partial charge in [-0.15, -0.1) is 0 Å². The van der Waals surface area contributed by atoms with Crippen molar-refractivity contribution in [1.82, 2.24) is 5.32 Å². The smallest absolute Gasteiger partial charge is 0.163 e. The molecule has 0 bridgehead atoms. The molecule has 4 heteroatoms. The average molecular weight is 291 g/mol. The van der Waals surface area contributed by atoms with E-state index < -0.39 is 0 Å². The van der Waals surface area contributed by atoms with Crippen LogP contribution in [0.15, 0.2) is 12.1 Å². The second-order valence-electron chi connectivity index (χ2n) is 5.68. The van der Waals surface area contributed by atoms with Gasteiger partial charge in [0.15, 0.2) is 17.3 Å². The minimum Gasteiger partial charge on any atom is -0.493 e.